The van der Waals surface area contributed by atoms with Gasteiger partial charge in [0.15, 0.2) is 11.5 Å². The van der Waals surface area contributed by atoms with Crippen LogP contribution < -0.4 is 0 Å². The molecular formula is C13H9NO4S. The van der Waals surface area contributed by atoms with E-state index in [1.165, 1.54) is 17.6 Å². The van der Waals surface area contributed by atoms with Gasteiger partial charge in [0.1, 0.15) is 12.0 Å². The van der Waals surface area contributed by atoms with Crippen molar-refractivity contribution in [3.05, 3.63) is 41.3 Å². The molecule has 6 heteroatoms. The molecule has 0 amide bonds. The summed E-state index contributed by atoms with van der Waals surface area (Å²) in [6, 6.07) is 5.39. The lowest BCUT2D eigenvalue weighted by atomic mass is 10.2. The van der Waals surface area contributed by atoms with E-state index in [1.807, 2.05) is 17.5 Å². The Kier molecular flexibility index (Phi) is 2.72. The highest BCUT2D eigenvalue weighted by Gasteiger charge is 2.23. The summed E-state index contributed by atoms with van der Waals surface area (Å²) in [5, 5.41) is 11.1. The number of furan rings is 1. The second kappa shape index (κ2) is 4.40. The third kappa shape index (κ3) is 2.06. The van der Waals surface area contributed by atoms with E-state index in [1.54, 1.807) is 13.0 Å². The number of aromatic nitrogens is 1. The quantitative estimate of drug-likeness (QED) is 0.789. The van der Waals surface area contributed by atoms with Gasteiger partial charge in [-0.3, -0.25) is 0 Å². The summed E-state index contributed by atoms with van der Waals surface area (Å²) in [6.45, 7) is 1.78. The van der Waals surface area contributed by atoms with Gasteiger partial charge in [0.25, 0.3) is 0 Å². The number of aromatic carboxylic acids is 1. The Bertz CT molecular complexity index is 724. The number of nitrogens with zero attached hydrogens (tertiary/aromatic N) is 1. The summed E-state index contributed by atoms with van der Waals surface area (Å²) < 4.78 is 10.8. The second-order valence-electron chi connectivity index (χ2n) is 3.93. The van der Waals surface area contributed by atoms with E-state index < -0.39 is 5.97 Å². The number of hydrogen-bond donors (Lipinski definition) is 1. The minimum absolute atomic E-state index is 0.107. The highest BCUT2D eigenvalue weighted by atomic mass is 32.1. The molecule has 0 aliphatic rings. The van der Waals surface area contributed by atoms with Crippen LogP contribution in [0.1, 0.15) is 16.2 Å². The minimum atomic E-state index is -1.12. The van der Waals surface area contributed by atoms with Gasteiger partial charge in [0.2, 0.25) is 5.89 Å². The molecule has 0 aliphatic heterocycles. The lowest BCUT2D eigenvalue weighted by molar-refractivity contribution is 0.0691. The first-order valence-electron chi connectivity index (χ1n) is 5.48. The van der Waals surface area contributed by atoms with Crippen LogP contribution in [-0.4, -0.2) is 16.1 Å². The van der Waals surface area contributed by atoms with E-state index in [9.17, 15) is 9.90 Å². The Morgan fingerprint density at radius 3 is 2.89 bits per heavy atom. The Balaban J connectivity index is 2.15. The molecule has 3 aromatic rings. The Hall–Kier alpha value is -2.34. The normalized spacial score (nSPS) is 10.8. The Morgan fingerprint density at radius 1 is 1.47 bits per heavy atom. The molecule has 0 bridgehead atoms. The van der Waals surface area contributed by atoms with Gasteiger partial charge in [0.05, 0.1) is 10.4 Å². The molecule has 0 unspecified atom stereocenters. The summed E-state index contributed by atoms with van der Waals surface area (Å²) in [7, 11) is 0. The fraction of sp³-hybridized carbons (Fsp3) is 0.0769. The number of rotatable bonds is 3. The third-order valence-electron chi connectivity index (χ3n) is 2.55. The van der Waals surface area contributed by atoms with Crippen LogP contribution in [0.4, 0.5) is 0 Å². The van der Waals surface area contributed by atoms with Gasteiger partial charge >= 0.3 is 5.97 Å². The van der Waals surface area contributed by atoms with Gasteiger partial charge in [-0.25, -0.2) is 9.78 Å². The molecule has 5 nitrogen and oxygen atoms in total. The number of aryl methyl sites for hydroxylation is 1. The average Bonchev–Trinajstić information content (AvgIpc) is 3.07. The molecule has 0 saturated heterocycles. The zero-order chi connectivity index (χ0) is 13.4. The molecule has 0 aliphatic carbocycles. The monoisotopic (exact) mass is 275 g/mol. The average molecular weight is 275 g/mol. The lowest BCUT2D eigenvalue weighted by Gasteiger charge is -1.91. The largest absolute Gasteiger partial charge is 0.476 e. The van der Waals surface area contributed by atoms with E-state index in [0.717, 1.165) is 4.88 Å². The number of carboxylic acids is 1. The van der Waals surface area contributed by atoms with Crippen molar-refractivity contribution in [2.24, 2.45) is 0 Å². The highest BCUT2D eigenvalue weighted by Crippen LogP contribution is 2.32. The van der Waals surface area contributed by atoms with Crippen LogP contribution in [0.3, 0.4) is 0 Å². The molecule has 3 aromatic heterocycles. The van der Waals surface area contributed by atoms with Gasteiger partial charge in [-0.2, -0.15) is 0 Å². The summed E-state index contributed by atoms with van der Waals surface area (Å²) in [4.78, 5) is 16.1. The Labute approximate surface area is 112 Å². The smallest absolute Gasteiger partial charge is 0.358 e. The SMILES string of the molecule is Cc1cc(-c2oc(-c3cccs3)nc2C(=O)O)co1. The van der Waals surface area contributed by atoms with Gasteiger partial charge < -0.3 is 13.9 Å². The van der Waals surface area contributed by atoms with Crippen molar-refractivity contribution in [2.75, 3.05) is 0 Å². The fourth-order valence-corrected chi connectivity index (χ4v) is 2.38. The van der Waals surface area contributed by atoms with Crippen molar-refractivity contribution in [2.45, 2.75) is 6.92 Å². The van der Waals surface area contributed by atoms with Crippen molar-refractivity contribution in [1.29, 1.82) is 0 Å². The Morgan fingerprint density at radius 2 is 2.32 bits per heavy atom. The summed E-state index contributed by atoms with van der Waals surface area (Å²) in [5.41, 5.74) is 0.467. The first-order chi connectivity index (χ1) is 9.15. The van der Waals surface area contributed by atoms with E-state index in [4.69, 9.17) is 8.83 Å². The molecule has 3 heterocycles. The topological polar surface area (TPSA) is 76.5 Å². The van der Waals surface area contributed by atoms with Crippen LogP contribution in [-0.2, 0) is 0 Å². The van der Waals surface area contributed by atoms with E-state index in [0.29, 0.717) is 17.2 Å². The van der Waals surface area contributed by atoms with Crippen LogP contribution >= 0.6 is 11.3 Å². The lowest BCUT2D eigenvalue weighted by Crippen LogP contribution is -1.98. The van der Waals surface area contributed by atoms with Gasteiger partial charge in [-0.1, -0.05) is 6.07 Å². The maximum atomic E-state index is 11.2. The molecule has 96 valence electrons. The van der Waals surface area contributed by atoms with Crippen molar-refractivity contribution in [3.8, 4) is 22.1 Å². The maximum absolute atomic E-state index is 11.2. The first-order valence-corrected chi connectivity index (χ1v) is 6.36. The number of hydrogen-bond acceptors (Lipinski definition) is 5. The molecule has 1 N–H and O–H groups in total. The summed E-state index contributed by atoms with van der Waals surface area (Å²) >= 11 is 1.44. The highest BCUT2D eigenvalue weighted by molar-refractivity contribution is 7.13. The van der Waals surface area contributed by atoms with Crippen LogP contribution in [0.2, 0.25) is 0 Å². The number of carbonyl (C=O) groups is 1. The predicted molar refractivity (Wildman–Crippen MR) is 69.2 cm³/mol. The van der Waals surface area contributed by atoms with Crippen molar-refractivity contribution in [3.63, 3.8) is 0 Å². The zero-order valence-electron chi connectivity index (χ0n) is 9.91. The summed E-state index contributed by atoms with van der Waals surface area (Å²) in [5.74, 6) is 0.0785. The number of carboxylic acid groups (broad SMARTS) is 1. The maximum Gasteiger partial charge on any atom is 0.358 e. The van der Waals surface area contributed by atoms with Gasteiger partial charge in [0, 0.05) is 0 Å². The second-order valence-corrected chi connectivity index (χ2v) is 4.87. The molecule has 0 aromatic carbocycles. The van der Waals surface area contributed by atoms with Crippen molar-refractivity contribution >= 4 is 17.3 Å². The molecule has 19 heavy (non-hydrogen) atoms. The van der Waals surface area contributed by atoms with E-state index in [-0.39, 0.29) is 11.5 Å². The standard InChI is InChI=1S/C13H9NO4S/c1-7-5-8(6-17-7)11-10(13(15)16)14-12(18-11)9-3-2-4-19-9/h2-6H,1H3,(H,15,16). The predicted octanol–water partition coefficient (Wildman–Crippen LogP) is 3.67. The fourth-order valence-electron chi connectivity index (χ4n) is 1.73. The first kappa shape index (κ1) is 11.7. The zero-order valence-corrected chi connectivity index (χ0v) is 10.7. The van der Waals surface area contributed by atoms with Gasteiger partial charge in [-0.05, 0) is 24.4 Å². The van der Waals surface area contributed by atoms with Crippen LogP contribution in [0.25, 0.3) is 22.1 Å². The van der Waals surface area contributed by atoms with Crippen LogP contribution in [0, 0.1) is 6.92 Å². The molecular weight excluding hydrogens is 266 g/mol. The van der Waals surface area contributed by atoms with Crippen LogP contribution in [0.15, 0.2) is 38.7 Å². The number of oxazole rings is 1. The molecule has 3 rings (SSSR count). The molecule has 0 atom stereocenters. The van der Waals surface area contributed by atoms with E-state index in [2.05, 4.69) is 4.98 Å². The molecule has 0 saturated carbocycles. The van der Waals surface area contributed by atoms with E-state index >= 15 is 0 Å². The van der Waals surface area contributed by atoms with Crippen molar-refractivity contribution in [1.82, 2.24) is 4.98 Å². The molecule has 0 radical (unpaired) electrons. The van der Waals surface area contributed by atoms with Crippen molar-refractivity contribution < 1.29 is 18.7 Å². The van der Waals surface area contributed by atoms with Gasteiger partial charge in [-0.15, -0.1) is 11.3 Å². The number of thiophene rings is 1. The molecule has 0 fully saturated rings. The van der Waals surface area contributed by atoms with Crippen LogP contribution in [0.5, 0.6) is 0 Å². The molecule has 0 spiro atoms. The third-order valence-corrected chi connectivity index (χ3v) is 3.41. The summed E-state index contributed by atoms with van der Waals surface area (Å²) in [6.07, 6.45) is 1.46. The minimum Gasteiger partial charge on any atom is -0.476 e.